The number of ether oxygens (including phenoxy) is 2. The highest BCUT2D eigenvalue weighted by Crippen LogP contribution is 2.23. The maximum atomic E-state index is 13.1. The predicted molar refractivity (Wildman–Crippen MR) is 350 cm³/mol. The molecule has 7 atom stereocenters. The van der Waals surface area contributed by atoms with Crippen LogP contribution in [-0.4, -0.2) is 87.5 Å². The third-order valence-electron chi connectivity index (χ3n) is 15.2. The molecule has 0 radical (unpaired) electrons. The molecule has 1 rings (SSSR count). The molecule has 6 N–H and O–H groups in total. The Morgan fingerprint density at radius 3 is 1.17 bits per heavy atom. The van der Waals surface area contributed by atoms with Crippen LogP contribution < -0.4 is 5.32 Å². The summed E-state index contributed by atoms with van der Waals surface area (Å²) in [5.41, 5.74) is 0. The molecule has 1 fully saturated rings. The summed E-state index contributed by atoms with van der Waals surface area (Å²) < 4.78 is 11.3. The van der Waals surface area contributed by atoms with Gasteiger partial charge in [0.15, 0.2) is 6.29 Å². The maximum absolute atomic E-state index is 13.1. The molecular weight excluding hydrogens is 1020 g/mol. The van der Waals surface area contributed by atoms with Crippen molar-refractivity contribution >= 4 is 5.91 Å². The van der Waals surface area contributed by atoms with E-state index in [1.54, 1.807) is 6.08 Å². The summed E-state index contributed by atoms with van der Waals surface area (Å²) in [5, 5.41) is 54.7. The first-order valence-electron chi connectivity index (χ1n) is 33.8. The van der Waals surface area contributed by atoms with Gasteiger partial charge < -0.3 is 40.3 Å². The van der Waals surface area contributed by atoms with Gasteiger partial charge in [0.05, 0.1) is 25.4 Å². The van der Waals surface area contributed by atoms with Crippen molar-refractivity contribution in [3.05, 3.63) is 122 Å². The molecule has 0 aromatic heterocycles. The number of unbranched alkanes of at least 4 members (excludes halogenated alkanes) is 29. The van der Waals surface area contributed by atoms with E-state index < -0.39 is 49.5 Å². The highest BCUT2D eigenvalue weighted by molar-refractivity contribution is 5.76. The fourth-order valence-electron chi connectivity index (χ4n) is 9.99. The van der Waals surface area contributed by atoms with Crippen molar-refractivity contribution in [2.75, 3.05) is 13.2 Å². The molecule has 82 heavy (non-hydrogen) atoms. The quantitative estimate of drug-likeness (QED) is 0.0261. The molecule has 1 aliphatic heterocycles. The van der Waals surface area contributed by atoms with Crippen LogP contribution in [-0.2, 0) is 14.3 Å². The van der Waals surface area contributed by atoms with E-state index in [0.717, 1.165) is 103 Å². The van der Waals surface area contributed by atoms with Crippen molar-refractivity contribution in [3.8, 4) is 0 Å². The number of hydrogen-bond donors (Lipinski definition) is 6. The van der Waals surface area contributed by atoms with Crippen LogP contribution in [0.2, 0.25) is 0 Å². The lowest BCUT2D eigenvalue weighted by Gasteiger charge is -2.40. The lowest BCUT2D eigenvalue weighted by atomic mass is 9.99. The highest BCUT2D eigenvalue weighted by Gasteiger charge is 2.44. The normalized spacial score (nSPS) is 19.1. The van der Waals surface area contributed by atoms with Gasteiger partial charge in [0.25, 0.3) is 0 Å². The SMILES string of the molecule is CC/C=C\C/C=C\C/C=C\C/C=C\C/C=C\C/C=C\C/C=C\CCCCCCCCCCCCCC(=O)NC(COC1OC(CO)C(O)C(O)C1O)C(O)/C=C/CC/C=C/CC/C=C/CCCCCCCCCCCCCCCCCC. The van der Waals surface area contributed by atoms with Gasteiger partial charge in [0.2, 0.25) is 5.91 Å². The molecule has 1 saturated heterocycles. The summed E-state index contributed by atoms with van der Waals surface area (Å²) in [4.78, 5) is 13.1. The van der Waals surface area contributed by atoms with Crippen LogP contribution in [0.15, 0.2) is 122 Å². The number of aliphatic hydroxyl groups is 5. The van der Waals surface area contributed by atoms with E-state index in [-0.39, 0.29) is 12.5 Å². The second kappa shape index (κ2) is 60.7. The van der Waals surface area contributed by atoms with Crippen LogP contribution in [0.1, 0.15) is 277 Å². The van der Waals surface area contributed by atoms with Crippen LogP contribution in [0.3, 0.4) is 0 Å². The first-order chi connectivity index (χ1) is 40.3. The van der Waals surface area contributed by atoms with E-state index in [1.165, 1.54) is 154 Å². The number of hydrogen-bond acceptors (Lipinski definition) is 8. The van der Waals surface area contributed by atoms with Crippen molar-refractivity contribution in [1.29, 1.82) is 0 Å². The Morgan fingerprint density at radius 1 is 0.427 bits per heavy atom. The zero-order chi connectivity index (χ0) is 59.3. The van der Waals surface area contributed by atoms with Crippen molar-refractivity contribution in [2.45, 2.75) is 320 Å². The van der Waals surface area contributed by atoms with Crippen LogP contribution >= 0.6 is 0 Å². The van der Waals surface area contributed by atoms with Gasteiger partial charge in [-0.3, -0.25) is 4.79 Å². The molecule has 1 amide bonds. The third-order valence-corrected chi connectivity index (χ3v) is 15.2. The van der Waals surface area contributed by atoms with E-state index in [4.69, 9.17) is 9.47 Å². The lowest BCUT2D eigenvalue weighted by Crippen LogP contribution is -2.60. The monoisotopic (exact) mass is 1140 g/mol. The number of allylic oxidation sites excluding steroid dienone is 19. The Bertz CT molecular complexity index is 1710. The molecule has 0 saturated carbocycles. The van der Waals surface area contributed by atoms with Crippen LogP contribution in [0, 0.1) is 0 Å². The highest BCUT2D eigenvalue weighted by atomic mass is 16.7. The molecule has 7 unspecified atom stereocenters. The van der Waals surface area contributed by atoms with Gasteiger partial charge in [-0.1, -0.05) is 289 Å². The number of nitrogens with one attached hydrogen (secondary N) is 1. The van der Waals surface area contributed by atoms with Crippen LogP contribution in [0.4, 0.5) is 0 Å². The fraction of sp³-hybridized carbons (Fsp3) is 0.712. The molecule has 1 heterocycles. The van der Waals surface area contributed by atoms with Gasteiger partial charge in [0, 0.05) is 6.42 Å². The molecule has 0 aromatic rings. The molecule has 0 aromatic carbocycles. The van der Waals surface area contributed by atoms with E-state index in [2.05, 4.69) is 129 Å². The number of carbonyl (C=O) groups is 1. The molecular formula is C73H125NO8. The van der Waals surface area contributed by atoms with Gasteiger partial charge in [-0.2, -0.15) is 0 Å². The molecule has 470 valence electrons. The Balaban J connectivity index is 2.20. The summed E-state index contributed by atoms with van der Waals surface area (Å²) in [7, 11) is 0. The van der Waals surface area contributed by atoms with Crippen molar-refractivity contribution in [2.24, 2.45) is 0 Å². The summed E-state index contributed by atoms with van der Waals surface area (Å²) in [6.07, 6.45) is 84.3. The Kier molecular flexibility index (Phi) is 56.7. The van der Waals surface area contributed by atoms with Crippen LogP contribution in [0.25, 0.3) is 0 Å². The molecule has 9 nitrogen and oxygen atoms in total. The maximum Gasteiger partial charge on any atom is 0.220 e. The molecule has 1 aliphatic rings. The third kappa shape index (κ3) is 48.9. The van der Waals surface area contributed by atoms with Gasteiger partial charge >= 0.3 is 0 Å². The summed E-state index contributed by atoms with van der Waals surface area (Å²) in [5.74, 6) is -0.197. The van der Waals surface area contributed by atoms with Gasteiger partial charge in [-0.25, -0.2) is 0 Å². The van der Waals surface area contributed by atoms with Gasteiger partial charge in [-0.15, -0.1) is 0 Å². The van der Waals surface area contributed by atoms with Crippen molar-refractivity contribution in [3.63, 3.8) is 0 Å². The minimum absolute atomic E-state index is 0.197. The first kappa shape index (κ1) is 76.6. The summed E-state index contributed by atoms with van der Waals surface area (Å²) in [6, 6.07) is -0.840. The average molecular weight is 1140 g/mol. The predicted octanol–water partition coefficient (Wildman–Crippen LogP) is 18.2. The van der Waals surface area contributed by atoms with E-state index in [0.29, 0.717) is 6.42 Å². The minimum Gasteiger partial charge on any atom is -0.394 e. The number of amides is 1. The van der Waals surface area contributed by atoms with Crippen LogP contribution in [0.5, 0.6) is 0 Å². The minimum atomic E-state index is -1.58. The number of carbonyl (C=O) groups excluding carboxylic acids is 1. The smallest absolute Gasteiger partial charge is 0.220 e. The van der Waals surface area contributed by atoms with Crippen molar-refractivity contribution in [1.82, 2.24) is 5.32 Å². The van der Waals surface area contributed by atoms with E-state index in [9.17, 15) is 30.3 Å². The summed E-state index contributed by atoms with van der Waals surface area (Å²) >= 11 is 0. The van der Waals surface area contributed by atoms with Gasteiger partial charge in [-0.05, 0) is 103 Å². The Morgan fingerprint density at radius 2 is 0.768 bits per heavy atom. The standard InChI is InChI=1S/C73H125NO8/c1-3-5-7-9-11-13-15-17-19-21-23-25-27-29-31-32-33-34-35-36-37-39-41-43-45-47-49-51-53-55-57-59-61-63-69(77)74-66(65-81-73-72(80)71(79)70(78)68(64-75)82-73)67(76)62-60-58-56-54-52-50-48-46-44-42-40-38-30-28-26-24-22-20-18-16-14-12-10-8-6-4-2/h5,7,11,13,17,19,23,25,29,31,33-34,36-37,44,46,52,54,60,62,66-68,70-73,75-76,78-80H,3-4,6,8-10,12,14-16,18,20-22,24,26-28,30,32,35,38-43,45,47-51,53,55-59,61,63-65H2,1-2H3,(H,74,77)/b7-5-,13-11-,19-17-,25-23-,31-29-,34-33-,37-36-,46-44+,54-52+,62-60+. The summed E-state index contributed by atoms with van der Waals surface area (Å²) in [6.45, 7) is 3.66. The molecule has 0 bridgehead atoms. The fourth-order valence-corrected chi connectivity index (χ4v) is 9.99. The second-order valence-electron chi connectivity index (χ2n) is 22.9. The largest absolute Gasteiger partial charge is 0.394 e. The molecule has 9 heteroatoms. The number of aliphatic hydroxyl groups excluding tert-OH is 5. The zero-order valence-corrected chi connectivity index (χ0v) is 52.5. The number of rotatable bonds is 57. The van der Waals surface area contributed by atoms with E-state index in [1.807, 2.05) is 6.08 Å². The second-order valence-corrected chi connectivity index (χ2v) is 22.9. The lowest BCUT2D eigenvalue weighted by molar-refractivity contribution is -0.302. The van der Waals surface area contributed by atoms with Gasteiger partial charge in [0.1, 0.15) is 24.4 Å². The molecule has 0 aliphatic carbocycles. The Hall–Kier alpha value is -3.41. The average Bonchev–Trinajstić information content (AvgIpc) is 3.57. The van der Waals surface area contributed by atoms with E-state index >= 15 is 0 Å². The Labute approximate surface area is 503 Å². The topological polar surface area (TPSA) is 149 Å². The zero-order valence-electron chi connectivity index (χ0n) is 52.5. The molecule has 0 spiro atoms. The van der Waals surface area contributed by atoms with Crippen molar-refractivity contribution < 1.29 is 39.8 Å². The first-order valence-corrected chi connectivity index (χ1v) is 33.8.